The number of nitrogens with one attached hydrogen (secondary N) is 1. The first-order valence-corrected chi connectivity index (χ1v) is 8.59. The van der Waals surface area contributed by atoms with Crippen LogP contribution in [0.5, 0.6) is 0 Å². The van der Waals surface area contributed by atoms with E-state index in [0.717, 1.165) is 19.3 Å². The van der Waals surface area contributed by atoms with Gasteiger partial charge < -0.3 is 11.1 Å². The van der Waals surface area contributed by atoms with Crippen LogP contribution >= 0.6 is 11.3 Å². The summed E-state index contributed by atoms with van der Waals surface area (Å²) in [6, 6.07) is 2.15. The molecule has 4 heteroatoms. The minimum atomic E-state index is 0.0609. The largest absolute Gasteiger partial charge is 0.351 e. The Kier molecular flexibility index (Phi) is 5.61. The maximum absolute atomic E-state index is 12.2. The quantitative estimate of drug-likeness (QED) is 0.846. The molecule has 112 valence electrons. The van der Waals surface area contributed by atoms with Crippen molar-refractivity contribution in [3.63, 3.8) is 0 Å². The molecule has 1 aliphatic rings. The molecule has 0 aliphatic heterocycles. The lowest BCUT2D eigenvalue weighted by atomic mass is 9.71. The third-order valence-electron chi connectivity index (χ3n) is 4.55. The van der Waals surface area contributed by atoms with E-state index in [0.29, 0.717) is 19.5 Å². The number of hydrogen-bond donors (Lipinski definition) is 2. The van der Waals surface area contributed by atoms with Crippen molar-refractivity contribution >= 4 is 17.2 Å². The number of carbonyl (C=O) groups is 1. The van der Waals surface area contributed by atoms with Gasteiger partial charge in [0.05, 0.1) is 6.54 Å². The van der Waals surface area contributed by atoms with E-state index >= 15 is 0 Å². The summed E-state index contributed by atoms with van der Waals surface area (Å²) in [5.41, 5.74) is 7.35. The van der Waals surface area contributed by atoms with Crippen LogP contribution in [0.3, 0.4) is 0 Å². The number of rotatable bonds is 6. The van der Waals surface area contributed by atoms with E-state index in [2.05, 4.69) is 23.7 Å². The smallest absolute Gasteiger partial charge is 0.220 e. The Morgan fingerprint density at radius 1 is 1.40 bits per heavy atom. The van der Waals surface area contributed by atoms with Crippen molar-refractivity contribution in [2.45, 2.75) is 58.4 Å². The van der Waals surface area contributed by atoms with Crippen molar-refractivity contribution in [2.75, 3.05) is 6.54 Å². The van der Waals surface area contributed by atoms with Gasteiger partial charge in [-0.2, -0.15) is 0 Å². The summed E-state index contributed by atoms with van der Waals surface area (Å²) in [7, 11) is 0. The monoisotopic (exact) mass is 294 g/mol. The van der Waals surface area contributed by atoms with Crippen LogP contribution in [0, 0.1) is 5.41 Å². The zero-order chi connectivity index (χ0) is 14.4. The van der Waals surface area contributed by atoms with Gasteiger partial charge in [-0.25, -0.2) is 0 Å². The number of aryl methyl sites for hydroxylation is 1. The molecule has 1 fully saturated rings. The number of hydrogen-bond acceptors (Lipinski definition) is 3. The molecule has 1 heterocycles. The summed E-state index contributed by atoms with van der Waals surface area (Å²) >= 11 is 1.73. The molecule has 0 saturated heterocycles. The fourth-order valence-corrected chi connectivity index (χ4v) is 4.09. The lowest BCUT2D eigenvalue weighted by Gasteiger charge is -2.35. The van der Waals surface area contributed by atoms with E-state index in [9.17, 15) is 4.79 Å². The highest BCUT2D eigenvalue weighted by atomic mass is 32.1. The van der Waals surface area contributed by atoms with Gasteiger partial charge >= 0.3 is 0 Å². The molecular weight excluding hydrogens is 268 g/mol. The fraction of sp³-hybridized carbons (Fsp3) is 0.688. The number of nitrogens with two attached hydrogens (primary N) is 1. The SMILES string of the molecule is CCc1ccsc1CNC(=O)CC1(CN)CCCCC1. The molecule has 1 aromatic rings. The van der Waals surface area contributed by atoms with Gasteiger partial charge in [0.1, 0.15) is 0 Å². The summed E-state index contributed by atoms with van der Waals surface area (Å²) in [6.45, 7) is 3.46. The van der Waals surface area contributed by atoms with E-state index in [1.807, 2.05) is 0 Å². The van der Waals surface area contributed by atoms with E-state index in [1.165, 1.54) is 29.7 Å². The van der Waals surface area contributed by atoms with Gasteiger partial charge in [0.2, 0.25) is 5.91 Å². The Labute approximate surface area is 125 Å². The van der Waals surface area contributed by atoms with E-state index in [1.54, 1.807) is 11.3 Å². The third-order valence-corrected chi connectivity index (χ3v) is 5.51. The van der Waals surface area contributed by atoms with Crippen LogP contribution < -0.4 is 11.1 Å². The van der Waals surface area contributed by atoms with Crippen LogP contribution in [0.15, 0.2) is 11.4 Å². The van der Waals surface area contributed by atoms with Gasteiger partial charge in [0.15, 0.2) is 0 Å². The zero-order valence-electron chi connectivity index (χ0n) is 12.4. The Bertz CT molecular complexity index is 435. The second kappa shape index (κ2) is 7.23. The Morgan fingerprint density at radius 2 is 2.15 bits per heavy atom. The molecule has 3 N–H and O–H groups in total. The van der Waals surface area contributed by atoms with Crippen molar-refractivity contribution in [1.82, 2.24) is 5.32 Å². The normalized spacial score (nSPS) is 17.9. The van der Waals surface area contributed by atoms with Crippen LogP contribution in [-0.2, 0) is 17.8 Å². The Hall–Kier alpha value is -0.870. The van der Waals surface area contributed by atoms with Gasteiger partial charge in [-0.05, 0) is 48.2 Å². The van der Waals surface area contributed by atoms with E-state index < -0.39 is 0 Å². The minimum Gasteiger partial charge on any atom is -0.351 e. The lowest BCUT2D eigenvalue weighted by Crippen LogP contribution is -2.38. The van der Waals surface area contributed by atoms with Crippen molar-refractivity contribution in [1.29, 1.82) is 0 Å². The first kappa shape index (κ1) is 15.5. The highest BCUT2D eigenvalue weighted by Crippen LogP contribution is 2.38. The van der Waals surface area contributed by atoms with Crippen LogP contribution in [0.25, 0.3) is 0 Å². The second-order valence-electron chi connectivity index (χ2n) is 5.94. The van der Waals surface area contributed by atoms with Gasteiger partial charge in [0, 0.05) is 11.3 Å². The van der Waals surface area contributed by atoms with Crippen molar-refractivity contribution < 1.29 is 4.79 Å². The first-order chi connectivity index (χ1) is 9.69. The molecule has 1 saturated carbocycles. The molecule has 1 aromatic heterocycles. The highest BCUT2D eigenvalue weighted by Gasteiger charge is 2.32. The molecule has 0 aromatic carbocycles. The topological polar surface area (TPSA) is 55.1 Å². The average molecular weight is 294 g/mol. The van der Waals surface area contributed by atoms with Crippen LogP contribution in [0.2, 0.25) is 0 Å². The highest BCUT2D eigenvalue weighted by molar-refractivity contribution is 7.10. The predicted octanol–water partition coefficient (Wildman–Crippen LogP) is 3.23. The summed E-state index contributed by atoms with van der Waals surface area (Å²) < 4.78 is 0. The second-order valence-corrected chi connectivity index (χ2v) is 6.94. The number of amides is 1. The number of thiophene rings is 1. The predicted molar refractivity (Wildman–Crippen MR) is 84.7 cm³/mol. The average Bonchev–Trinajstić information content (AvgIpc) is 2.93. The van der Waals surface area contributed by atoms with Gasteiger partial charge in [0.25, 0.3) is 0 Å². The molecule has 0 radical (unpaired) electrons. The summed E-state index contributed by atoms with van der Waals surface area (Å²) in [5.74, 6) is 0.160. The molecule has 0 unspecified atom stereocenters. The maximum atomic E-state index is 12.2. The minimum absolute atomic E-state index is 0.0609. The maximum Gasteiger partial charge on any atom is 0.220 e. The summed E-state index contributed by atoms with van der Waals surface area (Å²) in [4.78, 5) is 13.5. The van der Waals surface area contributed by atoms with Crippen LogP contribution in [0.4, 0.5) is 0 Å². The molecule has 2 rings (SSSR count). The van der Waals surface area contributed by atoms with Gasteiger partial charge in [-0.15, -0.1) is 11.3 Å². The standard InChI is InChI=1S/C16H26N2OS/c1-2-13-6-9-20-14(13)11-18-15(19)10-16(12-17)7-4-3-5-8-16/h6,9H,2-5,7-8,10-12,17H2,1H3,(H,18,19). The molecule has 20 heavy (non-hydrogen) atoms. The fourth-order valence-electron chi connectivity index (χ4n) is 3.17. The molecule has 0 bridgehead atoms. The van der Waals surface area contributed by atoms with Crippen molar-refractivity contribution in [2.24, 2.45) is 11.1 Å². The Morgan fingerprint density at radius 3 is 2.80 bits per heavy atom. The van der Waals surface area contributed by atoms with Gasteiger partial charge in [-0.3, -0.25) is 4.79 Å². The summed E-state index contributed by atoms with van der Waals surface area (Å²) in [6.07, 6.45) is 7.56. The van der Waals surface area contributed by atoms with E-state index in [-0.39, 0.29) is 11.3 Å². The molecule has 0 atom stereocenters. The zero-order valence-corrected chi connectivity index (χ0v) is 13.2. The number of carbonyl (C=O) groups excluding carboxylic acids is 1. The molecule has 1 amide bonds. The van der Waals surface area contributed by atoms with Crippen molar-refractivity contribution in [3.8, 4) is 0 Å². The van der Waals surface area contributed by atoms with E-state index in [4.69, 9.17) is 5.73 Å². The summed E-state index contributed by atoms with van der Waals surface area (Å²) in [5, 5.41) is 5.18. The molecule has 3 nitrogen and oxygen atoms in total. The molecule has 1 aliphatic carbocycles. The molecule has 0 spiro atoms. The lowest BCUT2D eigenvalue weighted by molar-refractivity contribution is -0.124. The van der Waals surface area contributed by atoms with Gasteiger partial charge in [-0.1, -0.05) is 26.2 Å². The van der Waals surface area contributed by atoms with Crippen LogP contribution in [-0.4, -0.2) is 12.5 Å². The van der Waals surface area contributed by atoms with Crippen molar-refractivity contribution in [3.05, 3.63) is 21.9 Å². The Balaban J connectivity index is 1.85. The van der Waals surface area contributed by atoms with Crippen LogP contribution in [0.1, 0.15) is 55.9 Å². The molecular formula is C16H26N2OS. The third kappa shape index (κ3) is 3.83. The first-order valence-electron chi connectivity index (χ1n) is 7.71.